The highest BCUT2D eigenvalue weighted by atomic mass is 35.5. The molecule has 1 heterocycles. The average Bonchev–Trinajstić information content (AvgIpc) is 2.47. The van der Waals surface area contributed by atoms with Crippen LogP contribution in [0.3, 0.4) is 0 Å². The maximum atomic E-state index is 5.74. The number of halogens is 2. The maximum Gasteiger partial charge on any atom is 0.0351 e. The monoisotopic (exact) mass is 223 g/mol. The molecule has 2 rings (SSSR count). The van der Waals surface area contributed by atoms with Crippen molar-refractivity contribution >= 4 is 24.0 Å². The van der Waals surface area contributed by atoms with Gasteiger partial charge in [0, 0.05) is 25.5 Å². The largest absolute Gasteiger partial charge is 0.302 e. The highest BCUT2D eigenvalue weighted by Crippen LogP contribution is 2.35. The first-order valence-corrected chi connectivity index (χ1v) is 5.72. The Morgan fingerprint density at radius 2 is 1.62 bits per heavy atom. The Bertz CT molecular complexity index is 138. The van der Waals surface area contributed by atoms with Gasteiger partial charge in [-0.1, -0.05) is 12.8 Å². The zero-order valence-corrected chi connectivity index (χ0v) is 9.62. The van der Waals surface area contributed by atoms with Crippen molar-refractivity contribution in [2.45, 2.75) is 25.7 Å². The molecule has 0 N–H and O–H groups in total. The van der Waals surface area contributed by atoms with E-state index < -0.39 is 0 Å². The van der Waals surface area contributed by atoms with Crippen molar-refractivity contribution < 1.29 is 0 Å². The van der Waals surface area contributed by atoms with Crippen LogP contribution in [0.4, 0.5) is 0 Å². The summed E-state index contributed by atoms with van der Waals surface area (Å²) in [5, 5.41) is 0. The topological polar surface area (TPSA) is 3.24 Å². The molecule has 0 aromatic heterocycles. The van der Waals surface area contributed by atoms with E-state index in [0.717, 1.165) is 24.3 Å². The molecular weight excluding hydrogens is 205 g/mol. The number of likely N-dealkylation sites (tertiary alicyclic amines) is 1. The molecule has 2 aliphatic rings. The van der Waals surface area contributed by atoms with Crippen molar-refractivity contribution in [2.75, 3.05) is 25.5 Å². The van der Waals surface area contributed by atoms with Crippen molar-refractivity contribution in [3.63, 3.8) is 0 Å². The predicted molar refractivity (Wildman–Crippen MR) is 59.9 cm³/mol. The third-order valence-corrected chi connectivity index (χ3v) is 3.62. The van der Waals surface area contributed by atoms with E-state index in [0.29, 0.717) is 0 Å². The van der Waals surface area contributed by atoms with E-state index in [2.05, 4.69) is 4.90 Å². The molecular formula is C10H19Cl2N. The van der Waals surface area contributed by atoms with Crippen LogP contribution in [-0.2, 0) is 0 Å². The Balaban J connectivity index is 0.000000845. The fraction of sp³-hybridized carbons (Fsp3) is 1.00. The second-order valence-corrected chi connectivity index (χ2v) is 4.63. The Morgan fingerprint density at radius 3 is 2.08 bits per heavy atom. The summed E-state index contributed by atoms with van der Waals surface area (Å²) in [5.41, 5.74) is 0. The summed E-state index contributed by atoms with van der Waals surface area (Å²) in [7, 11) is 0. The number of hydrogen-bond acceptors (Lipinski definition) is 1. The first-order chi connectivity index (χ1) is 5.90. The van der Waals surface area contributed by atoms with Crippen LogP contribution in [0.25, 0.3) is 0 Å². The lowest BCUT2D eigenvalue weighted by Gasteiger charge is -2.23. The average molecular weight is 224 g/mol. The first kappa shape index (κ1) is 11.6. The lowest BCUT2D eigenvalue weighted by atomic mass is 9.82. The van der Waals surface area contributed by atoms with Crippen LogP contribution in [0.15, 0.2) is 0 Å². The van der Waals surface area contributed by atoms with E-state index in [4.69, 9.17) is 11.6 Å². The van der Waals surface area contributed by atoms with Crippen LogP contribution >= 0.6 is 24.0 Å². The van der Waals surface area contributed by atoms with Gasteiger partial charge >= 0.3 is 0 Å². The van der Waals surface area contributed by atoms with Gasteiger partial charge in [-0.25, -0.2) is 0 Å². The molecule has 2 fully saturated rings. The molecule has 1 aliphatic heterocycles. The summed E-state index contributed by atoms with van der Waals surface area (Å²) >= 11 is 5.74. The van der Waals surface area contributed by atoms with E-state index in [-0.39, 0.29) is 12.4 Å². The highest BCUT2D eigenvalue weighted by Gasteiger charge is 2.33. The fourth-order valence-corrected chi connectivity index (χ4v) is 3.04. The number of fused-ring (bicyclic) bond motifs is 1. The van der Waals surface area contributed by atoms with Gasteiger partial charge in [-0.3, -0.25) is 0 Å². The zero-order valence-electron chi connectivity index (χ0n) is 8.04. The molecule has 1 saturated carbocycles. The third-order valence-electron chi connectivity index (χ3n) is 3.45. The van der Waals surface area contributed by atoms with Gasteiger partial charge in [0.2, 0.25) is 0 Å². The molecule has 0 radical (unpaired) electrons. The summed E-state index contributed by atoms with van der Waals surface area (Å²) in [4.78, 5) is 2.55. The molecule has 0 bridgehead atoms. The Kier molecular flexibility index (Phi) is 4.85. The Hall–Kier alpha value is 0.540. The molecule has 13 heavy (non-hydrogen) atoms. The van der Waals surface area contributed by atoms with E-state index in [1.165, 1.54) is 38.8 Å². The molecule has 0 aromatic rings. The molecule has 78 valence electrons. The van der Waals surface area contributed by atoms with E-state index in [1.54, 1.807) is 0 Å². The van der Waals surface area contributed by atoms with Crippen molar-refractivity contribution in [3.8, 4) is 0 Å². The third kappa shape index (κ3) is 2.74. The van der Waals surface area contributed by atoms with Crippen LogP contribution < -0.4 is 0 Å². The van der Waals surface area contributed by atoms with E-state index >= 15 is 0 Å². The van der Waals surface area contributed by atoms with Gasteiger partial charge < -0.3 is 4.90 Å². The molecule has 0 aromatic carbocycles. The minimum atomic E-state index is 0. The first-order valence-electron chi connectivity index (χ1n) is 5.18. The lowest BCUT2D eigenvalue weighted by molar-refractivity contribution is 0.299. The van der Waals surface area contributed by atoms with Gasteiger partial charge in [0.15, 0.2) is 0 Å². The fourth-order valence-electron chi connectivity index (χ4n) is 2.81. The summed E-state index contributed by atoms with van der Waals surface area (Å²) in [5.74, 6) is 2.84. The van der Waals surface area contributed by atoms with Crippen LogP contribution in [0.1, 0.15) is 25.7 Å². The number of rotatable bonds is 2. The summed E-state index contributed by atoms with van der Waals surface area (Å²) in [6.45, 7) is 3.77. The molecule has 1 nitrogen and oxygen atoms in total. The van der Waals surface area contributed by atoms with Crippen molar-refractivity contribution in [3.05, 3.63) is 0 Å². The molecule has 2 atom stereocenters. The van der Waals surface area contributed by atoms with Crippen LogP contribution in [0, 0.1) is 11.8 Å². The lowest BCUT2D eigenvalue weighted by Crippen LogP contribution is -2.22. The van der Waals surface area contributed by atoms with E-state index in [1.807, 2.05) is 0 Å². The quantitative estimate of drug-likeness (QED) is 0.652. The molecule has 1 saturated heterocycles. The van der Waals surface area contributed by atoms with Gasteiger partial charge in [0.05, 0.1) is 0 Å². The number of nitrogens with zero attached hydrogens (tertiary/aromatic N) is 1. The molecule has 1 aliphatic carbocycles. The molecule has 3 heteroatoms. The van der Waals surface area contributed by atoms with Gasteiger partial charge in [-0.2, -0.15) is 0 Å². The van der Waals surface area contributed by atoms with Crippen LogP contribution in [-0.4, -0.2) is 30.4 Å². The van der Waals surface area contributed by atoms with Gasteiger partial charge in [0.1, 0.15) is 0 Å². The van der Waals surface area contributed by atoms with Crippen LogP contribution in [0.5, 0.6) is 0 Å². The minimum Gasteiger partial charge on any atom is -0.302 e. The maximum absolute atomic E-state index is 5.74. The van der Waals surface area contributed by atoms with Gasteiger partial charge in [0.25, 0.3) is 0 Å². The van der Waals surface area contributed by atoms with Gasteiger partial charge in [-0.05, 0) is 24.7 Å². The Morgan fingerprint density at radius 1 is 1.08 bits per heavy atom. The number of hydrogen-bond donors (Lipinski definition) is 0. The predicted octanol–water partition coefficient (Wildman–Crippen LogP) is 2.77. The minimum absolute atomic E-state index is 0. The zero-order chi connectivity index (χ0) is 8.39. The van der Waals surface area contributed by atoms with Gasteiger partial charge in [-0.15, -0.1) is 24.0 Å². The summed E-state index contributed by atoms with van der Waals surface area (Å²) in [6.07, 6.45) is 5.89. The van der Waals surface area contributed by atoms with E-state index in [9.17, 15) is 0 Å². The molecule has 0 amide bonds. The summed E-state index contributed by atoms with van der Waals surface area (Å²) in [6, 6.07) is 0. The van der Waals surface area contributed by atoms with Crippen molar-refractivity contribution in [2.24, 2.45) is 11.8 Å². The molecule has 2 unspecified atom stereocenters. The normalized spacial score (nSPS) is 33.9. The Labute approximate surface area is 92.2 Å². The summed E-state index contributed by atoms with van der Waals surface area (Å²) < 4.78 is 0. The second-order valence-electron chi connectivity index (χ2n) is 4.25. The van der Waals surface area contributed by atoms with Crippen molar-refractivity contribution in [1.29, 1.82) is 0 Å². The van der Waals surface area contributed by atoms with Crippen molar-refractivity contribution in [1.82, 2.24) is 4.90 Å². The van der Waals surface area contributed by atoms with Crippen LogP contribution in [0.2, 0.25) is 0 Å². The standard InChI is InChI=1S/C10H18ClN.ClH/c11-5-6-12-7-9-3-1-2-4-10(9)8-12;/h9-10H,1-8H2;1H. The highest BCUT2D eigenvalue weighted by molar-refractivity contribution is 6.18. The smallest absolute Gasteiger partial charge is 0.0351 e. The molecule has 0 spiro atoms. The SMILES string of the molecule is Cl.ClCCN1CC2CCCCC2C1. The second kappa shape index (κ2) is 5.43. The number of alkyl halides is 1.